The van der Waals surface area contributed by atoms with Crippen molar-refractivity contribution in [1.82, 2.24) is 5.32 Å². The minimum absolute atomic E-state index is 0.227. The van der Waals surface area contributed by atoms with Crippen molar-refractivity contribution >= 4 is 11.9 Å². The number of hydrogen-bond acceptors (Lipinski definition) is 9. The summed E-state index contributed by atoms with van der Waals surface area (Å²) in [4.78, 5) is 24.2. The van der Waals surface area contributed by atoms with E-state index in [0.717, 1.165) is 7.11 Å². The molecule has 6 atom stereocenters. The van der Waals surface area contributed by atoms with Crippen LogP contribution in [0.25, 0.3) is 0 Å². The topological polar surface area (TPSA) is 166 Å². The van der Waals surface area contributed by atoms with Gasteiger partial charge in [0, 0.05) is 13.3 Å². The van der Waals surface area contributed by atoms with Crippen LogP contribution in [0.15, 0.2) is 0 Å². The molecule has 1 aliphatic heterocycles. The second-order valence-electron chi connectivity index (χ2n) is 7.38. The Hall–Kier alpha value is -1.30. The molecule has 0 spiro atoms. The number of aliphatic hydroxyl groups excluding tert-OH is 4. The van der Waals surface area contributed by atoms with Crippen LogP contribution in [-0.4, -0.2) is 92.8 Å². The van der Waals surface area contributed by atoms with E-state index >= 15 is 0 Å². The van der Waals surface area contributed by atoms with Crippen molar-refractivity contribution < 1.29 is 44.6 Å². The fourth-order valence-electron chi connectivity index (χ4n) is 4.17. The van der Waals surface area contributed by atoms with Gasteiger partial charge in [0.25, 0.3) is 0 Å². The maximum absolute atomic E-state index is 12.7. The highest BCUT2D eigenvalue weighted by molar-refractivity contribution is 5.82. The van der Waals surface area contributed by atoms with E-state index in [4.69, 9.17) is 14.6 Å². The van der Waals surface area contributed by atoms with Crippen LogP contribution in [0.4, 0.5) is 0 Å². The highest BCUT2D eigenvalue weighted by Gasteiger charge is 2.65. The molecule has 1 aliphatic carbocycles. The van der Waals surface area contributed by atoms with Gasteiger partial charge in [-0.3, -0.25) is 4.79 Å². The number of amides is 1. The number of rotatable bonds is 6. The average molecular weight is 391 g/mol. The molecule has 1 heterocycles. The third kappa shape index (κ3) is 3.96. The van der Waals surface area contributed by atoms with Gasteiger partial charge in [-0.15, -0.1) is 0 Å². The molecule has 0 aromatic heterocycles. The summed E-state index contributed by atoms with van der Waals surface area (Å²) in [5.41, 5.74) is -3.61. The van der Waals surface area contributed by atoms with Gasteiger partial charge in [-0.1, -0.05) is 12.8 Å². The number of nitrogens with one attached hydrogen (secondary N) is 1. The molecular formula is C17H29NO9. The zero-order valence-electron chi connectivity index (χ0n) is 15.5. The molecule has 10 heteroatoms. The first-order chi connectivity index (χ1) is 12.6. The summed E-state index contributed by atoms with van der Waals surface area (Å²) < 4.78 is 10.7. The molecule has 0 bridgehead atoms. The van der Waals surface area contributed by atoms with Crippen LogP contribution in [0, 0.1) is 0 Å². The molecule has 1 saturated heterocycles. The second-order valence-corrected chi connectivity index (χ2v) is 7.38. The number of esters is 1. The van der Waals surface area contributed by atoms with Gasteiger partial charge in [-0.25, -0.2) is 4.79 Å². The largest absolute Gasteiger partial charge is 0.467 e. The Morgan fingerprint density at radius 3 is 2.37 bits per heavy atom. The molecule has 6 N–H and O–H groups in total. The van der Waals surface area contributed by atoms with Crippen LogP contribution in [0.3, 0.4) is 0 Å². The van der Waals surface area contributed by atoms with E-state index in [1.807, 2.05) is 0 Å². The Balaban J connectivity index is 2.48. The molecule has 1 saturated carbocycles. The van der Waals surface area contributed by atoms with E-state index < -0.39 is 60.1 Å². The lowest BCUT2D eigenvalue weighted by molar-refractivity contribution is -0.275. The SMILES string of the molecule is COC(=O)[C@@]1(C2(O)CCCC2)C[C@H](O)[C@@H](NC(C)=O)[C@H]([C@H](O)[C@H](O)CO)O1. The second kappa shape index (κ2) is 8.38. The number of aliphatic hydroxyl groups is 5. The standard InChI is InChI=1S/C17H29NO9/c1-9(20)18-12-10(21)7-17(15(24)26-2,16(25)5-3-4-6-16)27-14(12)13(23)11(22)8-19/h10-14,19,21-23,25H,3-8H2,1-2H3,(H,18,20)/t10-,11+,12+,13+,14+,17+/m0/s1. The fourth-order valence-corrected chi connectivity index (χ4v) is 4.17. The van der Waals surface area contributed by atoms with E-state index in [-0.39, 0.29) is 19.3 Å². The highest BCUT2D eigenvalue weighted by Crippen LogP contribution is 2.47. The van der Waals surface area contributed by atoms with E-state index in [0.29, 0.717) is 12.8 Å². The molecule has 0 aromatic carbocycles. The zero-order chi connectivity index (χ0) is 20.4. The summed E-state index contributed by atoms with van der Waals surface area (Å²) >= 11 is 0. The lowest BCUT2D eigenvalue weighted by Crippen LogP contribution is -2.72. The Kier molecular flexibility index (Phi) is 6.82. The Labute approximate surface area is 157 Å². The Morgan fingerprint density at radius 1 is 1.30 bits per heavy atom. The van der Waals surface area contributed by atoms with Gasteiger partial charge in [-0.2, -0.15) is 0 Å². The first-order valence-electron chi connectivity index (χ1n) is 9.02. The van der Waals surface area contributed by atoms with Gasteiger partial charge >= 0.3 is 5.97 Å². The monoisotopic (exact) mass is 391 g/mol. The third-order valence-corrected chi connectivity index (χ3v) is 5.59. The normalized spacial score (nSPS) is 35.3. The maximum Gasteiger partial charge on any atom is 0.341 e. The van der Waals surface area contributed by atoms with Crippen molar-refractivity contribution in [2.45, 2.75) is 80.7 Å². The quantitative estimate of drug-likeness (QED) is 0.270. The minimum Gasteiger partial charge on any atom is -0.467 e. The Bertz CT molecular complexity index is 551. The van der Waals surface area contributed by atoms with Crippen molar-refractivity contribution in [1.29, 1.82) is 0 Å². The average Bonchev–Trinajstić information content (AvgIpc) is 3.08. The van der Waals surface area contributed by atoms with Crippen molar-refractivity contribution in [3.05, 3.63) is 0 Å². The maximum atomic E-state index is 12.7. The van der Waals surface area contributed by atoms with Crippen molar-refractivity contribution in [2.75, 3.05) is 13.7 Å². The van der Waals surface area contributed by atoms with Gasteiger partial charge in [-0.05, 0) is 12.8 Å². The number of carbonyl (C=O) groups is 2. The van der Waals surface area contributed by atoms with Gasteiger partial charge in [0.2, 0.25) is 5.91 Å². The summed E-state index contributed by atoms with van der Waals surface area (Å²) in [5, 5.41) is 53.7. The van der Waals surface area contributed by atoms with Crippen LogP contribution in [0.1, 0.15) is 39.0 Å². The third-order valence-electron chi connectivity index (χ3n) is 5.59. The predicted molar refractivity (Wildman–Crippen MR) is 90.4 cm³/mol. The first kappa shape index (κ1) is 22.0. The minimum atomic E-state index is -1.98. The van der Waals surface area contributed by atoms with Crippen molar-refractivity contribution in [2.24, 2.45) is 0 Å². The van der Waals surface area contributed by atoms with Crippen molar-refractivity contribution in [3.8, 4) is 0 Å². The summed E-state index contributed by atoms with van der Waals surface area (Å²) in [6.07, 6.45) is -4.87. The van der Waals surface area contributed by atoms with Crippen LogP contribution in [0.2, 0.25) is 0 Å². The molecule has 2 fully saturated rings. The first-order valence-corrected chi connectivity index (χ1v) is 9.02. The molecule has 1 amide bonds. The molecule has 0 radical (unpaired) electrons. The lowest BCUT2D eigenvalue weighted by Gasteiger charge is -2.52. The summed E-state index contributed by atoms with van der Waals surface area (Å²) in [5.74, 6) is -1.44. The summed E-state index contributed by atoms with van der Waals surface area (Å²) in [6.45, 7) is 0.394. The van der Waals surface area contributed by atoms with Crippen LogP contribution < -0.4 is 5.32 Å². The molecule has 156 valence electrons. The molecular weight excluding hydrogens is 362 g/mol. The molecule has 2 rings (SSSR count). The highest BCUT2D eigenvalue weighted by atomic mass is 16.6. The molecule has 0 unspecified atom stereocenters. The molecule has 2 aliphatic rings. The van der Waals surface area contributed by atoms with Crippen LogP contribution in [0.5, 0.6) is 0 Å². The zero-order valence-corrected chi connectivity index (χ0v) is 15.5. The van der Waals surface area contributed by atoms with E-state index in [2.05, 4.69) is 5.32 Å². The number of carbonyl (C=O) groups excluding carboxylic acids is 2. The summed E-state index contributed by atoms with van der Waals surface area (Å²) in [7, 11) is 1.12. The fraction of sp³-hybridized carbons (Fsp3) is 0.882. The molecule has 10 nitrogen and oxygen atoms in total. The van der Waals surface area contributed by atoms with Crippen LogP contribution in [-0.2, 0) is 19.1 Å². The predicted octanol–water partition coefficient (Wildman–Crippen LogP) is -2.43. The van der Waals surface area contributed by atoms with E-state index in [1.165, 1.54) is 6.92 Å². The van der Waals surface area contributed by atoms with Gasteiger partial charge in [0.05, 0.1) is 25.9 Å². The lowest BCUT2D eigenvalue weighted by atomic mass is 9.72. The summed E-state index contributed by atoms with van der Waals surface area (Å²) in [6, 6.07) is -1.17. The number of methoxy groups -OCH3 is 1. The molecule has 0 aromatic rings. The van der Waals surface area contributed by atoms with E-state index in [9.17, 15) is 30.0 Å². The number of hydrogen-bond donors (Lipinski definition) is 6. The van der Waals surface area contributed by atoms with Crippen molar-refractivity contribution in [3.63, 3.8) is 0 Å². The van der Waals surface area contributed by atoms with Gasteiger partial charge in [0.1, 0.15) is 23.9 Å². The smallest absolute Gasteiger partial charge is 0.341 e. The molecule has 27 heavy (non-hydrogen) atoms. The van der Waals surface area contributed by atoms with Gasteiger partial charge in [0.15, 0.2) is 5.60 Å². The van der Waals surface area contributed by atoms with Gasteiger partial charge < -0.3 is 40.3 Å². The number of ether oxygens (including phenoxy) is 2. The van der Waals surface area contributed by atoms with E-state index in [1.54, 1.807) is 0 Å². The van der Waals surface area contributed by atoms with Crippen LogP contribution >= 0.6 is 0 Å². The Morgan fingerprint density at radius 2 is 1.89 bits per heavy atom.